The van der Waals surface area contributed by atoms with Crippen LogP contribution in [0.1, 0.15) is 52.4 Å². The second-order valence-electron chi connectivity index (χ2n) is 4.37. The molecule has 0 aromatic carbocycles. The molecule has 15 heavy (non-hydrogen) atoms. The molecule has 0 unspecified atom stereocenters. The third kappa shape index (κ3) is 4.20. The quantitative estimate of drug-likeness (QED) is 0.730. The summed E-state index contributed by atoms with van der Waals surface area (Å²) in [5.41, 5.74) is 0. The van der Waals surface area contributed by atoms with Gasteiger partial charge in [-0.2, -0.15) is 0 Å². The average Bonchev–Trinajstić information content (AvgIpc) is 2.21. The molecule has 1 aliphatic rings. The van der Waals surface area contributed by atoms with Crippen molar-refractivity contribution in [2.75, 3.05) is 6.54 Å². The summed E-state index contributed by atoms with van der Waals surface area (Å²) in [5, 5.41) is 6.62. The number of carbonyl (C=O) groups excluding carboxylic acids is 1. The van der Waals surface area contributed by atoms with Crippen molar-refractivity contribution in [3.63, 3.8) is 0 Å². The minimum Gasteiger partial charge on any atom is -0.352 e. The van der Waals surface area contributed by atoms with Crippen molar-refractivity contribution < 1.29 is 4.79 Å². The first kappa shape index (κ1) is 12.5. The zero-order valence-corrected chi connectivity index (χ0v) is 10.0. The summed E-state index contributed by atoms with van der Waals surface area (Å²) in [6, 6.07) is 0.849. The summed E-state index contributed by atoms with van der Waals surface area (Å²) in [5.74, 6) is 0.215. The lowest BCUT2D eigenvalue weighted by Crippen LogP contribution is -2.51. The molecular weight excluding hydrogens is 188 g/mol. The molecule has 0 aliphatic heterocycles. The van der Waals surface area contributed by atoms with Crippen molar-refractivity contribution in [1.29, 1.82) is 0 Å². The topological polar surface area (TPSA) is 41.1 Å². The van der Waals surface area contributed by atoms with Gasteiger partial charge in [-0.3, -0.25) is 4.79 Å². The predicted octanol–water partition coefficient (Wildman–Crippen LogP) is 1.82. The van der Waals surface area contributed by atoms with Gasteiger partial charge in [-0.15, -0.1) is 0 Å². The number of hydrogen-bond donors (Lipinski definition) is 2. The molecule has 0 bridgehead atoms. The molecule has 0 aromatic heterocycles. The van der Waals surface area contributed by atoms with Gasteiger partial charge in [-0.1, -0.05) is 26.7 Å². The Labute approximate surface area is 93.0 Å². The van der Waals surface area contributed by atoms with Crippen LogP contribution in [0.25, 0.3) is 0 Å². The molecule has 0 heterocycles. The first-order valence-electron chi connectivity index (χ1n) is 6.30. The Morgan fingerprint density at radius 2 is 1.87 bits per heavy atom. The van der Waals surface area contributed by atoms with Gasteiger partial charge in [0.2, 0.25) is 5.91 Å². The van der Waals surface area contributed by atoms with Crippen molar-refractivity contribution in [2.24, 2.45) is 0 Å². The maximum absolute atomic E-state index is 11.5. The molecule has 1 rings (SSSR count). The van der Waals surface area contributed by atoms with Crippen molar-refractivity contribution in [2.45, 2.75) is 64.5 Å². The maximum atomic E-state index is 11.5. The summed E-state index contributed by atoms with van der Waals surface area (Å²) in [7, 11) is 0. The van der Waals surface area contributed by atoms with Gasteiger partial charge in [0.05, 0.1) is 0 Å². The molecule has 0 spiro atoms. The van der Waals surface area contributed by atoms with Gasteiger partial charge in [0.15, 0.2) is 0 Å². The molecule has 1 amide bonds. The zero-order valence-electron chi connectivity index (χ0n) is 10.0. The van der Waals surface area contributed by atoms with E-state index in [1.54, 1.807) is 0 Å². The van der Waals surface area contributed by atoms with Gasteiger partial charge >= 0.3 is 0 Å². The highest BCUT2D eigenvalue weighted by molar-refractivity contribution is 5.76. The summed E-state index contributed by atoms with van der Waals surface area (Å²) in [6.07, 6.45) is 6.47. The maximum Gasteiger partial charge on any atom is 0.220 e. The van der Waals surface area contributed by atoms with E-state index in [2.05, 4.69) is 17.6 Å². The summed E-state index contributed by atoms with van der Waals surface area (Å²) in [4.78, 5) is 11.5. The van der Waals surface area contributed by atoms with E-state index in [0.717, 1.165) is 19.4 Å². The van der Waals surface area contributed by atoms with Gasteiger partial charge < -0.3 is 10.6 Å². The second kappa shape index (κ2) is 6.83. The van der Waals surface area contributed by atoms with Crippen LogP contribution in [0.3, 0.4) is 0 Å². The fourth-order valence-corrected chi connectivity index (χ4v) is 2.32. The number of amides is 1. The molecule has 3 heteroatoms. The van der Waals surface area contributed by atoms with E-state index >= 15 is 0 Å². The fraction of sp³-hybridized carbons (Fsp3) is 0.917. The van der Waals surface area contributed by atoms with Crippen LogP contribution < -0.4 is 10.6 Å². The van der Waals surface area contributed by atoms with E-state index in [1.807, 2.05) is 6.92 Å². The average molecular weight is 212 g/mol. The third-order valence-corrected chi connectivity index (χ3v) is 3.06. The molecule has 0 radical (unpaired) electrons. The minimum absolute atomic E-state index is 0.215. The van der Waals surface area contributed by atoms with E-state index in [9.17, 15) is 4.79 Å². The number of carbonyl (C=O) groups is 1. The lowest BCUT2D eigenvalue weighted by molar-refractivity contribution is -0.122. The SMILES string of the molecule is CCCC(=O)N[C@H]1CCCC[C@@H]1NCC. The van der Waals surface area contributed by atoms with E-state index < -0.39 is 0 Å². The molecule has 1 saturated carbocycles. The monoisotopic (exact) mass is 212 g/mol. The second-order valence-corrected chi connectivity index (χ2v) is 4.37. The first-order chi connectivity index (χ1) is 7.27. The predicted molar refractivity (Wildman–Crippen MR) is 62.8 cm³/mol. The Morgan fingerprint density at radius 3 is 2.47 bits per heavy atom. The normalized spacial score (nSPS) is 26.3. The van der Waals surface area contributed by atoms with Crippen LogP contribution in [-0.4, -0.2) is 24.5 Å². The molecule has 0 saturated heterocycles. The van der Waals surface area contributed by atoms with Gasteiger partial charge in [-0.05, 0) is 25.8 Å². The molecule has 2 N–H and O–H groups in total. The lowest BCUT2D eigenvalue weighted by Gasteiger charge is -2.32. The van der Waals surface area contributed by atoms with Crippen molar-refractivity contribution in [3.8, 4) is 0 Å². The van der Waals surface area contributed by atoms with Gasteiger partial charge in [0, 0.05) is 18.5 Å². The fourth-order valence-electron chi connectivity index (χ4n) is 2.32. The summed E-state index contributed by atoms with van der Waals surface area (Å²) >= 11 is 0. The third-order valence-electron chi connectivity index (χ3n) is 3.06. The Balaban J connectivity index is 2.38. The molecule has 0 aromatic rings. The molecule has 1 fully saturated rings. The highest BCUT2D eigenvalue weighted by Crippen LogP contribution is 2.18. The van der Waals surface area contributed by atoms with Crippen molar-refractivity contribution in [1.82, 2.24) is 10.6 Å². The molecule has 1 aliphatic carbocycles. The number of rotatable bonds is 5. The van der Waals surface area contributed by atoms with Crippen LogP contribution in [-0.2, 0) is 4.79 Å². The Bertz CT molecular complexity index is 192. The number of likely N-dealkylation sites (N-methyl/N-ethyl adjacent to an activating group) is 1. The summed E-state index contributed by atoms with van der Waals surface area (Å²) < 4.78 is 0. The van der Waals surface area contributed by atoms with Gasteiger partial charge in [0.1, 0.15) is 0 Å². The van der Waals surface area contributed by atoms with Gasteiger partial charge in [0.25, 0.3) is 0 Å². The van der Waals surface area contributed by atoms with E-state index in [4.69, 9.17) is 0 Å². The van der Waals surface area contributed by atoms with Crippen LogP contribution >= 0.6 is 0 Å². The van der Waals surface area contributed by atoms with E-state index in [0.29, 0.717) is 18.5 Å². The standard InChI is InChI=1S/C12H24N2O/c1-3-7-12(15)14-11-9-6-5-8-10(11)13-4-2/h10-11,13H,3-9H2,1-2H3,(H,14,15)/t10-,11-/m0/s1. The van der Waals surface area contributed by atoms with Gasteiger partial charge in [-0.25, -0.2) is 0 Å². The van der Waals surface area contributed by atoms with Crippen LogP contribution in [0.4, 0.5) is 0 Å². The lowest BCUT2D eigenvalue weighted by atomic mass is 9.90. The van der Waals surface area contributed by atoms with Crippen LogP contribution in [0.5, 0.6) is 0 Å². The Hall–Kier alpha value is -0.570. The molecule has 3 nitrogen and oxygen atoms in total. The zero-order chi connectivity index (χ0) is 11.1. The van der Waals surface area contributed by atoms with Crippen molar-refractivity contribution in [3.05, 3.63) is 0 Å². The highest BCUT2D eigenvalue weighted by Gasteiger charge is 2.25. The molecule has 2 atom stereocenters. The Kier molecular flexibility index (Phi) is 5.69. The van der Waals surface area contributed by atoms with Crippen LogP contribution in [0.2, 0.25) is 0 Å². The van der Waals surface area contributed by atoms with Crippen LogP contribution in [0.15, 0.2) is 0 Å². The summed E-state index contributed by atoms with van der Waals surface area (Å²) in [6.45, 7) is 5.16. The number of nitrogens with one attached hydrogen (secondary N) is 2. The molecular formula is C12H24N2O. The van der Waals surface area contributed by atoms with E-state index in [1.165, 1.54) is 19.3 Å². The highest BCUT2D eigenvalue weighted by atomic mass is 16.1. The Morgan fingerprint density at radius 1 is 1.20 bits per heavy atom. The number of hydrogen-bond acceptors (Lipinski definition) is 2. The van der Waals surface area contributed by atoms with Crippen LogP contribution in [0, 0.1) is 0 Å². The first-order valence-corrected chi connectivity index (χ1v) is 6.30. The van der Waals surface area contributed by atoms with Crippen molar-refractivity contribution >= 4 is 5.91 Å². The molecule has 88 valence electrons. The largest absolute Gasteiger partial charge is 0.352 e. The smallest absolute Gasteiger partial charge is 0.220 e. The minimum atomic E-state index is 0.215. The van der Waals surface area contributed by atoms with E-state index in [-0.39, 0.29) is 5.91 Å².